The second-order valence-electron chi connectivity index (χ2n) is 5.48. The maximum absolute atomic E-state index is 4.69. The Morgan fingerprint density at radius 3 is 1.48 bits per heavy atom. The molecule has 0 amide bonds. The average molecular weight is 297 g/mol. The third-order valence-corrected chi connectivity index (χ3v) is 3.50. The van der Waals surface area contributed by atoms with E-state index in [2.05, 4.69) is 67.6 Å². The Kier molecular flexibility index (Phi) is 4.80. The Morgan fingerprint density at radius 2 is 1.04 bits per heavy atom. The van der Waals surface area contributed by atoms with E-state index < -0.39 is 0 Å². The van der Waals surface area contributed by atoms with E-state index in [1.54, 1.807) is 0 Å². The number of pyridine rings is 1. The van der Waals surface area contributed by atoms with Gasteiger partial charge in [-0.3, -0.25) is 0 Å². The zero-order valence-corrected chi connectivity index (χ0v) is 13.2. The van der Waals surface area contributed by atoms with Crippen LogP contribution in [-0.4, -0.2) is 4.98 Å². The van der Waals surface area contributed by atoms with Crippen molar-refractivity contribution in [2.24, 2.45) is 0 Å². The Morgan fingerprint density at radius 1 is 0.609 bits per heavy atom. The lowest BCUT2D eigenvalue weighted by atomic mass is 10.1. The number of hydrogen-bond donors (Lipinski definition) is 0. The number of benzene rings is 2. The van der Waals surface area contributed by atoms with Gasteiger partial charge in [-0.05, 0) is 47.9 Å². The molecule has 0 N–H and O–H groups in total. The highest BCUT2D eigenvalue weighted by Gasteiger charge is 1.96. The van der Waals surface area contributed by atoms with Crippen LogP contribution in [0.1, 0.15) is 28.1 Å². The summed E-state index contributed by atoms with van der Waals surface area (Å²) in [6.45, 7) is 2.10. The lowest BCUT2D eigenvalue weighted by Crippen LogP contribution is -1.87. The number of rotatable bonds is 4. The molecule has 1 heterocycles. The molecular weight excluding hydrogens is 278 g/mol. The molecule has 0 aliphatic carbocycles. The van der Waals surface area contributed by atoms with Crippen LogP contribution in [0.4, 0.5) is 0 Å². The van der Waals surface area contributed by atoms with Crippen molar-refractivity contribution in [1.82, 2.24) is 4.98 Å². The molecule has 0 fully saturated rings. The summed E-state index contributed by atoms with van der Waals surface area (Å²) in [6.07, 6.45) is 8.29. The maximum atomic E-state index is 4.69. The van der Waals surface area contributed by atoms with Crippen LogP contribution >= 0.6 is 0 Å². The van der Waals surface area contributed by atoms with Crippen LogP contribution < -0.4 is 0 Å². The fourth-order valence-electron chi connectivity index (χ4n) is 2.38. The summed E-state index contributed by atoms with van der Waals surface area (Å²) >= 11 is 0. The number of aryl methyl sites for hydroxylation is 1. The van der Waals surface area contributed by atoms with E-state index in [0.717, 1.165) is 11.4 Å². The predicted octanol–water partition coefficient (Wildman–Crippen LogP) is 5.73. The SMILES string of the molecule is Cc1cc(/C=C/c2ccccc2)nc(/C=C/c2ccccc2)c1. The number of nitrogens with zero attached hydrogens (tertiary/aromatic N) is 1. The predicted molar refractivity (Wildman–Crippen MR) is 99.7 cm³/mol. The van der Waals surface area contributed by atoms with Gasteiger partial charge in [0.2, 0.25) is 0 Å². The van der Waals surface area contributed by atoms with E-state index in [0.29, 0.717) is 0 Å². The lowest BCUT2D eigenvalue weighted by Gasteiger charge is -2.01. The van der Waals surface area contributed by atoms with E-state index in [-0.39, 0.29) is 0 Å². The van der Waals surface area contributed by atoms with Gasteiger partial charge in [-0.15, -0.1) is 0 Å². The van der Waals surface area contributed by atoms with Gasteiger partial charge in [0.15, 0.2) is 0 Å². The standard InChI is InChI=1S/C22H19N/c1-18-16-21(14-12-19-8-4-2-5-9-19)23-22(17-18)15-13-20-10-6-3-7-11-20/h2-17H,1H3/b14-12+,15-13+. The van der Waals surface area contributed by atoms with Crippen molar-refractivity contribution in [3.63, 3.8) is 0 Å². The molecule has 0 saturated heterocycles. The topological polar surface area (TPSA) is 12.9 Å². The fraction of sp³-hybridized carbons (Fsp3) is 0.0455. The molecule has 0 spiro atoms. The first-order valence-corrected chi connectivity index (χ1v) is 7.74. The average Bonchev–Trinajstić information content (AvgIpc) is 2.60. The van der Waals surface area contributed by atoms with Gasteiger partial charge >= 0.3 is 0 Å². The first-order valence-electron chi connectivity index (χ1n) is 7.74. The smallest absolute Gasteiger partial charge is 0.0639 e. The van der Waals surface area contributed by atoms with Crippen LogP contribution in [0.15, 0.2) is 72.8 Å². The van der Waals surface area contributed by atoms with Gasteiger partial charge < -0.3 is 0 Å². The summed E-state index contributed by atoms with van der Waals surface area (Å²) in [4.78, 5) is 4.69. The van der Waals surface area contributed by atoms with E-state index in [4.69, 9.17) is 4.98 Å². The Hall–Kier alpha value is -2.93. The molecule has 3 aromatic rings. The minimum Gasteiger partial charge on any atom is -0.249 e. The van der Waals surface area contributed by atoms with Gasteiger partial charge in [-0.1, -0.05) is 72.8 Å². The van der Waals surface area contributed by atoms with Gasteiger partial charge in [0, 0.05) is 0 Å². The molecule has 0 aliphatic rings. The molecular formula is C22H19N. The van der Waals surface area contributed by atoms with Crippen LogP contribution in [0.2, 0.25) is 0 Å². The van der Waals surface area contributed by atoms with Crippen molar-refractivity contribution in [3.05, 3.63) is 101 Å². The van der Waals surface area contributed by atoms with Crippen molar-refractivity contribution in [2.75, 3.05) is 0 Å². The van der Waals surface area contributed by atoms with Crippen LogP contribution in [0.25, 0.3) is 24.3 Å². The monoisotopic (exact) mass is 297 g/mol. The zero-order valence-electron chi connectivity index (χ0n) is 13.2. The molecule has 1 heteroatoms. The molecule has 23 heavy (non-hydrogen) atoms. The molecule has 0 radical (unpaired) electrons. The van der Waals surface area contributed by atoms with E-state index in [1.165, 1.54) is 16.7 Å². The summed E-state index contributed by atoms with van der Waals surface area (Å²) in [5.41, 5.74) is 5.51. The molecule has 112 valence electrons. The molecule has 3 rings (SSSR count). The van der Waals surface area contributed by atoms with Crippen LogP contribution in [0.5, 0.6) is 0 Å². The molecule has 1 aromatic heterocycles. The third kappa shape index (κ3) is 4.52. The summed E-state index contributed by atoms with van der Waals surface area (Å²) < 4.78 is 0. The lowest BCUT2D eigenvalue weighted by molar-refractivity contribution is 1.23. The summed E-state index contributed by atoms with van der Waals surface area (Å²) in [7, 11) is 0. The molecule has 2 aromatic carbocycles. The second-order valence-corrected chi connectivity index (χ2v) is 5.48. The third-order valence-electron chi connectivity index (χ3n) is 3.50. The highest BCUT2D eigenvalue weighted by atomic mass is 14.7. The fourth-order valence-corrected chi connectivity index (χ4v) is 2.38. The van der Waals surface area contributed by atoms with Gasteiger partial charge in [0.25, 0.3) is 0 Å². The minimum atomic E-state index is 0.974. The van der Waals surface area contributed by atoms with Crippen LogP contribution in [0.3, 0.4) is 0 Å². The molecule has 0 unspecified atom stereocenters. The normalized spacial score (nSPS) is 11.3. The Bertz CT molecular complexity index is 747. The molecule has 0 saturated carbocycles. The first kappa shape index (κ1) is 15.0. The van der Waals surface area contributed by atoms with Crippen LogP contribution in [-0.2, 0) is 0 Å². The zero-order chi connectivity index (χ0) is 15.9. The van der Waals surface area contributed by atoms with Gasteiger partial charge in [0.05, 0.1) is 11.4 Å². The molecule has 0 atom stereocenters. The second kappa shape index (κ2) is 7.37. The van der Waals surface area contributed by atoms with E-state index >= 15 is 0 Å². The highest BCUT2D eigenvalue weighted by molar-refractivity contribution is 5.71. The molecule has 1 nitrogen and oxygen atoms in total. The van der Waals surface area contributed by atoms with Crippen molar-refractivity contribution >= 4 is 24.3 Å². The quantitative estimate of drug-likeness (QED) is 0.599. The van der Waals surface area contributed by atoms with E-state index in [9.17, 15) is 0 Å². The van der Waals surface area contributed by atoms with Gasteiger partial charge in [0.1, 0.15) is 0 Å². The Balaban J connectivity index is 1.82. The Labute approximate surface area is 137 Å². The molecule has 0 aliphatic heterocycles. The maximum Gasteiger partial charge on any atom is 0.0639 e. The van der Waals surface area contributed by atoms with E-state index in [1.807, 2.05) is 36.4 Å². The minimum absolute atomic E-state index is 0.974. The summed E-state index contributed by atoms with van der Waals surface area (Å²) in [5, 5.41) is 0. The summed E-state index contributed by atoms with van der Waals surface area (Å²) in [5.74, 6) is 0. The number of hydrogen-bond acceptors (Lipinski definition) is 1. The summed E-state index contributed by atoms with van der Waals surface area (Å²) in [6, 6.07) is 24.7. The highest BCUT2D eigenvalue weighted by Crippen LogP contribution is 2.12. The molecule has 0 bridgehead atoms. The van der Waals surface area contributed by atoms with Crippen molar-refractivity contribution in [1.29, 1.82) is 0 Å². The van der Waals surface area contributed by atoms with Crippen molar-refractivity contribution < 1.29 is 0 Å². The van der Waals surface area contributed by atoms with Crippen LogP contribution in [0, 0.1) is 6.92 Å². The first-order chi connectivity index (χ1) is 11.3. The van der Waals surface area contributed by atoms with Crippen molar-refractivity contribution in [2.45, 2.75) is 6.92 Å². The largest absolute Gasteiger partial charge is 0.249 e. The van der Waals surface area contributed by atoms with Crippen molar-refractivity contribution in [3.8, 4) is 0 Å². The van der Waals surface area contributed by atoms with Gasteiger partial charge in [-0.2, -0.15) is 0 Å². The number of aromatic nitrogens is 1. The van der Waals surface area contributed by atoms with Gasteiger partial charge in [-0.25, -0.2) is 4.98 Å².